The van der Waals surface area contributed by atoms with Crippen LogP contribution >= 0.6 is 0 Å². The molecule has 2 amide bonds. The van der Waals surface area contributed by atoms with Crippen LogP contribution in [0.15, 0.2) is 0 Å². The van der Waals surface area contributed by atoms with Gasteiger partial charge in [0.15, 0.2) is 0 Å². The van der Waals surface area contributed by atoms with Crippen molar-refractivity contribution in [2.75, 3.05) is 34.2 Å². The molecule has 2 atom stereocenters. The minimum absolute atomic E-state index is 0.00344. The molecular formula is C13H23N2O2+. The van der Waals surface area contributed by atoms with Crippen molar-refractivity contribution >= 4 is 11.8 Å². The topological polar surface area (TPSA) is 37.4 Å². The van der Waals surface area contributed by atoms with Gasteiger partial charge in [0.1, 0.15) is 0 Å². The molecular weight excluding hydrogens is 216 g/mol. The number of likely N-dealkylation sites (tertiary alicyclic amines) is 1. The zero-order chi connectivity index (χ0) is 12.6. The van der Waals surface area contributed by atoms with E-state index in [-0.39, 0.29) is 23.7 Å². The Kier molecular flexibility index (Phi) is 3.25. The molecule has 0 aromatic carbocycles. The van der Waals surface area contributed by atoms with Crippen molar-refractivity contribution in [3.8, 4) is 0 Å². The van der Waals surface area contributed by atoms with Crippen LogP contribution in [0.1, 0.15) is 25.7 Å². The average molecular weight is 239 g/mol. The summed E-state index contributed by atoms with van der Waals surface area (Å²) in [6.07, 6.45) is 4.03. The summed E-state index contributed by atoms with van der Waals surface area (Å²) in [5, 5.41) is 0. The highest BCUT2D eigenvalue weighted by Crippen LogP contribution is 2.37. The molecule has 0 spiro atoms. The van der Waals surface area contributed by atoms with Crippen LogP contribution < -0.4 is 0 Å². The molecule has 2 rings (SSSR count). The smallest absolute Gasteiger partial charge is 0.233 e. The summed E-state index contributed by atoms with van der Waals surface area (Å²) in [6, 6.07) is 0. The summed E-state index contributed by atoms with van der Waals surface area (Å²) in [6.45, 7) is 1.41. The molecule has 0 aromatic rings. The van der Waals surface area contributed by atoms with Gasteiger partial charge in [-0.1, -0.05) is 12.8 Å². The van der Waals surface area contributed by atoms with Gasteiger partial charge >= 0.3 is 0 Å². The third-order valence-electron chi connectivity index (χ3n) is 3.93. The molecule has 4 heteroatoms. The number of nitrogens with zero attached hydrogens (tertiary/aromatic N) is 2. The van der Waals surface area contributed by atoms with Crippen molar-refractivity contribution in [1.29, 1.82) is 0 Å². The van der Waals surface area contributed by atoms with Crippen LogP contribution in [-0.4, -0.2) is 55.4 Å². The van der Waals surface area contributed by atoms with Crippen LogP contribution in [-0.2, 0) is 9.59 Å². The maximum Gasteiger partial charge on any atom is 0.233 e. The normalized spacial score (nSPS) is 29.7. The van der Waals surface area contributed by atoms with Gasteiger partial charge in [0.05, 0.1) is 46.1 Å². The molecule has 1 saturated carbocycles. The predicted octanol–water partition coefficient (Wildman–Crippen LogP) is 0.868. The van der Waals surface area contributed by atoms with E-state index in [2.05, 4.69) is 21.1 Å². The van der Waals surface area contributed by atoms with Gasteiger partial charge in [-0.3, -0.25) is 14.5 Å². The Morgan fingerprint density at radius 1 is 1.06 bits per heavy atom. The lowest BCUT2D eigenvalue weighted by Crippen LogP contribution is -2.44. The largest absolute Gasteiger partial charge is 0.329 e. The fraction of sp³-hybridized carbons (Fsp3) is 0.846. The highest BCUT2D eigenvalue weighted by atomic mass is 16.2. The summed E-state index contributed by atoms with van der Waals surface area (Å²) in [7, 11) is 6.24. The first-order valence-electron chi connectivity index (χ1n) is 6.56. The summed E-state index contributed by atoms with van der Waals surface area (Å²) in [4.78, 5) is 25.8. The number of hydrogen-bond acceptors (Lipinski definition) is 2. The Hall–Kier alpha value is -0.900. The summed E-state index contributed by atoms with van der Waals surface area (Å²) in [5.41, 5.74) is 0. The summed E-state index contributed by atoms with van der Waals surface area (Å²) >= 11 is 0. The second-order valence-electron chi connectivity index (χ2n) is 6.34. The molecule has 17 heavy (non-hydrogen) atoms. The third-order valence-corrected chi connectivity index (χ3v) is 3.93. The van der Waals surface area contributed by atoms with E-state index in [0.717, 1.165) is 36.7 Å². The van der Waals surface area contributed by atoms with Crippen molar-refractivity contribution < 1.29 is 14.1 Å². The van der Waals surface area contributed by atoms with Gasteiger partial charge in [-0.2, -0.15) is 0 Å². The molecule has 96 valence electrons. The highest BCUT2D eigenvalue weighted by Gasteiger charge is 2.48. The monoisotopic (exact) mass is 239 g/mol. The minimum Gasteiger partial charge on any atom is -0.329 e. The molecule has 2 aliphatic rings. The van der Waals surface area contributed by atoms with E-state index in [9.17, 15) is 9.59 Å². The molecule has 0 aromatic heterocycles. The van der Waals surface area contributed by atoms with Crippen LogP contribution in [0.2, 0.25) is 0 Å². The van der Waals surface area contributed by atoms with Crippen molar-refractivity contribution in [3.63, 3.8) is 0 Å². The van der Waals surface area contributed by atoms with Crippen LogP contribution in [0.4, 0.5) is 0 Å². The van der Waals surface area contributed by atoms with Gasteiger partial charge < -0.3 is 4.48 Å². The Labute approximate surface area is 103 Å². The molecule has 1 saturated heterocycles. The van der Waals surface area contributed by atoms with Crippen molar-refractivity contribution in [1.82, 2.24) is 4.90 Å². The SMILES string of the molecule is C[N+](C)(C)CCN1C(=O)[C@H]2CCCC[C@H]2C1=O. The maximum atomic E-state index is 12.2. The van der Waals surface area contributed by atoms with E-state index in [4.69, 9.17) is 0 Å². The number of carbonyl (C=O) groups is 2. The Balaban J connectivity index is 2.03. The van der Waals surface area contributed by atoms with Gasteiger partial charge in [-0.05, 0) is 12.8 Å². The van der Waals surface area contributed by atoms with E-state index in [1.807, 2.05) is 0 Å². The van der Waals surface area contributed by atoms with Crippen LogP contribution in [0.5, 0.6) is 0 Å². The van der Waals surface area contributed by atoms with Crippen molar-refractivity contribution in [3.05, 3.63) is 0 Å². The second-order valence-corrected chi connectivity index (χ2v) is 6.34. The van der Waals surface area contributed by atoms with Crippen molar-refractivity contribution in [2.24, 2.45) is 11.8 Å². The average Bonchev–Trinajstić information content (AvgIpc) is 2.49. The van der Waals surface area contributed by atoms with Crippen molar-refractivity contribution in [2.45, 2.75) is 25.7 Å². The predicted molar refractivity (Wildman–Crippen MR) is 65.1 cm³/mol. The first kappa shape index (κ1) is 12.6. The molecule has 2 fully saturated rings. The fourth-order valence-electron chi connectivity index (χ4n) is 2.85. The Morgan fingerprint density at radius 3 is 1.94 bits per heavy atom. The zero-order valence-corrected chi connectivity index (χ0v) is 11.1. The number of rotatable bonds is 3. The van der Waals surface area contributed by atoms with E-state index in [1.165, 1.54) is 4.90 Å². The van der Waals surface area contributed by atoms with Gasteiger partial charge in [-0.25, -0.2) is 0 Å². The standard InChI is InChI=1S/C13H23N2O2/c1-15(2,3)9-8-14-12(16)10-6-4-5-7-11(10)13(14)17/h10-11H,4-9H2,1-3H3/q+1/t10-,11+. The minimum atomic E-state index is 0.00344. The molecule has 0 N–H and O–H groups in total. The van der Waals surface area contributed by atoms with E-state index >= 15 is 0 Å². The lowest BCUT2D eigenvalue weighted by molar-refractivity contribution is -0.869. The number of fused-ring (bicyclic) bond motifs is 1. The van der Waals surface area contributed by atoms with E-state index < -0.39 is 0 Å². The molecule has 4 nitrogen and oxygen atoms in total. The Bertz CT molecular complexity index is 309. The number of imide groups is 1. The molecule has 0 unspecified atom stereocenters. The molecule has 1 heterocycles. The maximum absolute atomic E-state index is 12.2. The number of carbonyl (C=O) groups excluding carboxylic acids is 2. The highest BCUT2D eigenvalue weighted by molar-refractivity contribution is 6.05. The quantitative estimate of drug-likeness (QED) is 0.541. The van der Waals surface area contributed by atoms with E-state index in [0.29, 0.717) is 6.54 Å². The zero-order valence-electron chi connectivity index (χ0n) is 11.1. The first-order valence-corrected chi connectivity index (χ1v) is 6.56. The molecule has 0 radical (unpaired) electrons. The number of amides is 2. The molecule has 1 aliphatic heterocycles. The van der Waals surface area contributed by atoms with Crippen LogP contribution in [0.25, 0.3) is 0 Å². The fourth-order valence-corrected chi connectivity index (χ4v) is 2.85. The number of quaternary nitrogens is 1. The van der Waals surface area contributed by atoms with Gasteiger partial charge in [0.2, 0.25) is 11.8 Å². The number of hydrogen-bond donors (Lipinski definition) is 0. The lowest BCUT2D eigenvalue weighted by atomic mass is 9.81. The van der Waals surface area contributed by atoms with Gasteiger partial charge in [0, 0.05) is 0 Å². The van der Waals surface area contributed by atoms with Crippen LogP contribution in [0.3, 0.4) is 0 Å². The van der Waals surface area contributed by atoms with E-state index in [1.54, 1.807) is 0 Å². The lowest BCUT2D eigenvalue weighted by Gasteiger charge is -2.26. The van der Waals surface area contributed by atoms with Gasteiger partial charge in [0.25, 0.3) is 0 Å². The third kappa shape index (κ3) is 2.51. The first-order chi connectivity index (χ1) is 7.90. The summed E-state index contributed by atoms with van der Waals surface area (Å²) < 4.78 is 0.784. The molecule has 0 bridgehead atoms. The van der Waals surface area contributed by atoms with Gasteiger partial charge in [-0.15, -0.1) is 0 Å². The Morgan fingerprint density at radius 2 is 1.53 bits per heavy atom. The summed E-state index contributed by atoms with van der Waals surface area (Å²) in [5.74, 6) is 0.189. The van der Waals surface area contributed by atoms with Crippen LogP contribution in [0, 0.1) is 11.8 Å². The number of likely N-dealkylation sites (N-methyl/N-ethyl adjacent to an activating group) is 1. The molecule has 1 aliphatic carbocycles. The second kappa shape index (κ2) is 4.41.